The van der Waals surface area contributed by atoms with E-state index in [-0.39, 0.29) is 5.97 Å². The molecular weight excluding hydrogens is 188 g/mol. The van der Waals surface area contributed by atoms with Gasteiger partial charge in [-0.25, -0.2) is 4.79 Å². The normalized spacial score (nSPS) is 25.9. The molecule has 0 aromatic rings. The van der Waals surface area contributed by atoms with Crippen molar-refractivity contribution in [2.45, 2.75) is 45.4 Å². The molecule has 0 N–H and O–H groups in total. The lowest BCUT2D eigenvalue weighted by atomic mass is 9.81. The van der Waals surface area contributed by atoms with E-state index in [2.05, 4.69) is 13.5 Å². The van der Waals surface area contributed by atoms with Crippen molar-refractivity contribution >= 4 is 5.97 Å². The summed E-state index contributed by atoms with van der Waals surface area (Å²) in [5.41, 5.74) is 0. The van der Waals surface area contributed by atoms with Crippen LogP contribution in [0.2, 0.25) is 0 Å². The predicted octanol–water partition coefficient (Wildman–Crippen LogP) is 3.32. The molecule has 0 aliphatic heterocycles. The lowest BCUT2D eigenvalue weighted by Gasteiger charge is -2.25. The average molecular weight is 210 g/mol. The lowest BCUT2D eigenvalue weighted by Crippen LogP contribution is -2.13. The van der Waals surface area contributed by atoms with Crippen LogP contribution in [-0.4, -0.2) is 12.6 Å². The number of rotatable bonds is 5. The number of hydrogen-bond acceptors (Lipinski definition) is 2. The molecule has 1 fully saturated rings. The molecule has 0 saturated heterocycles. The highest BCUT2D eigenvalue weighted by Gasteiger charge is 2.17. The van der Waals surface area contributed by atoms with E-state index in [1.807, 2.05) is 0 Å². The molecule has 1 saturated carbocycles. The fourth-order valence-corrected chi connectivity index (χ4v) is 2.22. The first-order valence-electron chi connectivity index (χ1n) is 6.01. The van der Waals surface area contributed by atoms with Gasteiger partial charge in [0, 0.05) is 6.08 Å². The zero-order valence-corrected chi connectivity index (χ0v) is 9.71. The summed E-state index contributed by atoms with van der Waals surface area (Å²) in [5.74, 6) is 1.48. The summed E-state index contributed by atoms with van der Waals surface area (Å²) in [6, 6.07) is 0. The minimum atomic E-state index is -0.299. The van der Waals surface area contributed by atoms with Crippen LogP contribution in [-0.2, 0) is 9.53 Å². The van der Waals surface area contributed by atoms with E-state index in [0.29, 0.717) is 6.61 Å². The molecule has 1 aliphatic rings. The fraction of sp³-hybridized carbons (Fsp3) is 0.769. The zero-order valence-electron chi connectivity index (χ0n) is 9.71. The molecule has 0 spiro atoms. The summed E-state index contributed by atoms with van der Waals surface area (Å²) in [7, 11) is 0. The summed E-state index contributed by atoms with van der Waals surface area (Å²) >= 11 is 0. The standard InChI is InChI=1S/C13H22O2/c1-3-13(14)15-10-4-5-12-8-6-11(2)7-9-12/h3,11-12H,1,4-10H2,2H3. The summed E-state index contributed by atoms with van der Waals surface area (Å²) in [6.45, 7) is 6.25. The Morgan fingerprint density at radius 1 is 1.40 bits per heavy atom. The Hall–Kier alpha value is -0.790. The highest BCUT2D eigenvalue weighted by Crippen LogP contribution is 2.30. The third kappa shape index (κ3) is 5.01. The largest absolute Gasteiger partial charge is 0.463 e. The van der Waals surface area contributed by atoms with Gasteiger partial charge in [-0.3, -0.25) is 0 Å². The molecule has 0 aromatic heterocycles. The summed E-state index contributed by atoms with van der Waals surface area (Å²) < 4.78 is 4.95. The van der Waals surface area contributed by atoms with Crippen LogP contribution in [0, 0.1) is 11.8 Å². The van der Waals surface area contributed by atoms with Gasteiger partial charge in [-0.2, -0.15) is 0 Å². The highest BCUT2D eigenvalue weighted by atomic mass is 16.5. The molecule has 2 heteroatoms. The average Bonchev–Trinajstić information content (AvgIpc) is 2.26. The summed E-state index contributed by atoms with van der Waals surface area (Å²) in [5, 5.41) is 0. The van der Waals surface area contributed by atoms with Gasteiger partial charge in [0.2, 0.25) is 0 Å². The van der Waals surface area contributed by atoms with Crippen molar-refractivity contribution < 1.29 is 9.53 Å². The van der Waals surface area contributed by atoms with Gasteiger partial charge < -0.3 is 4.74 Å². The molecule has 86 valence electrons. The van der Waals surface area contributed by atoms with E-state index in [0.717, 1.165) is 18.3 Å². The van der Waals surface area contributed by atoms with E-state index >= 15 is 0 Å². The van der Waals surface area contributed by atoms with Crippen LogP contribution in [0.1, 0.15) is 45.4 Å². The fourth-order valence-electron chi connectivity index (χ4n) is 2.22. The maximum Gasteiger partial charge on any atom is 0.330 e. The van der Waals surface area contributed by atoms with Crippen LogP contribution in [0.4, 0.5) is 0 Å². The molecule has 1 aliphatic carbocycles. The van der Waals surface area contributed by atoms with E-state index < -0.39 is 0 Å². The van der Waals surface area contributed by atoms with Crippen molar-refractivity contribution in [3.63, 3.8) is 0 Å². The number of esters is 1. The Morgan fingerprint density at radius 2 is 2.07 bits per heavy atom. The number of ether oxygens (including phenoxy) is 1. The van der Waals surface area contributed by atoms with Gasteiger partial charge in [0.05, 0.1) is 6.61 Å². The maximum atomic E-state index is 10.8. The molecule has 0 aromatic carbocycles. The Morgan fingerprint density at radius 3 is 2.67 bits per heavy atom. The van der Waals surface area contributed by atoms with Crippen molar-refractivity contribution in [3.05, 3.63) is 12.7 Å². The minimum absolute atomic E-state index is 0.299. The molecule has 0 bridgehead atoms. The van der Waals surface area contributed by atoms with Gasteiger partial charge in [-0.15, -0.1) is 0 Å². The topological polar surface area (TPSA) is 26.3 Å². The van der Waals surface area contributed by atoms with Gasteiger partial charge in [-0.1, -0.05) is 39.2 Å². The van der Waals surface area contributed by atoms with Crippen molar-refractivity contribution in [2.24, 2.45) is 11.8 Å². The van der Waals surface area contributed by atoms with Crippen LogP contribution in [0.25, 0.3) is 0 Å². The molecule has 0 atom stereocenters. The molecule has 0 radical (unpaired) electrons. The van der Waals surface area contributed by atoms with Crippen molar-refractivity contribution in [3.8, 4) is 0 Å². The van der Waals surface area contributed by atoms with Crippen LogP contribution in [0.5, 0.6) is 0 Å². The summed E-state index contributed by atoms with van der Waals surface area (Å²) in [6.07, 6.45) is 8.89. The van der Waals surface area contributed by atoms with Crippen molar-refractivity contribution in [2.75, 3.05) is 6.61 Å². The third-order valence-electron chi connectivity index (χ3n) is 3.30. The molecule has 1 rings (SSSR count). The second-order valence-electron chi connectivity index (χ2n) is 4.64. The second kappa shape index (κ2) is 6.65. The lowest BCUT2D eigenvalue weighted by molar-refractivity contribution is -0.137. The van der Waals surface area contributed by atoms with Gasteiger partial charge >= 0.3 is 5.97 Å². The van der Waals surface area contributed by atoms with Gasteiger partial charge in [0.25, 0.3) is 0 Å². The number of carbonyl (C=O) groups is 1. The van der Waals surface area contributed by atoms with Crippen LogP contribution in [0.15, 0.2) is 12.7 Å². The molecule has 0 unspecified atom stereocenters. The van der Waals surface area contributed by atoms with Crippen LogP contribution < -0.4 is 0 Å². The third-order valence-corrected chi connectivity index (χ3v) is 3.30. The zero-order chi connectivity index (χ0) is 11.1. The monoisotopic (exact) mass is 210 g/mol. The second-order valence-corrected chi connectivity index (χ2v) is 4.64. The Balaban J connectivity index is 2.00. The van der Waals surface area contributed by atoms with E-state index in [1.165, 1.54) is 38.2 Å². The SMILES string of the molecule is C=CC(=O)OCCCC1CCC(C)CC1. The van der Waals surface area contributed by atoms with Crippen molar-refractivity contribution in [1.82, 2.24) is 0 Å². The van der Waals surface area contributed by atoms with Crippen LogP contribution in [0.3, 0.4) is 0 Å². The first kappa shape index (κ1) is 12.3. The maximum absolute atomic E-state index is 10.8. The quantitative estimate of drug-likeness (QED) is 0.395. The van der Waals surface area contributed by atoms with E-state index in [1.54, 1.807) is 0 Å². The smallest absolute Gasteiger partial charge is 0.330 e. The Bertz CT molecular complexity index is 203. The Labute approximate surface area is 92.7 Å². The van der Waals surface area contributed by atoms with E-state index in [9.17, 15) is 4.79 Å². The molecule has 0 amide bonds. The number of hydrogen-bond donors (Lipinski definition) is 0. The van der Waals surface area contributed by atoms with Gasteiger partial charge in [0.1, 0.15) is 0 Å². The van der Waals surface area contributed by atoms with Gasteiger partial charge in [0.15, 0.2) is 0 Å². The first-order chi connectivity index (χ1) is 7.22. The molecule has 15 heavy (non-hydrogen) atoms. The Kier molecular flexibility index (Phi) is 5.44. The molecule has 0 heterocycles. The molecule has 2 nitrogen and oxygen atoms in total. The van der Waals surface area contributed by atoms with Gasteiger partial charge in [-0.05, 0) is 24.7 Å². The minimum Gasteiger partial charge on any atom is -0.463 e. The first-order valence-corrected chi connectivity index (χ1v) is 6.01. The van der Waals surface area contributed by atoms with E-state index in [4.69, 9.17) is 4.74 Å². The highest BCUT2D eigenvalue weighted by molar-refractivity contribution is 5.81. The molecular formula is C13H22O2. The van der Waals surface area contributed by atoms with Crippen LogP contribution >= 0.6 is 0 Å². The predicted molar refractivity (Wildman–Crippen MR) is 61.5 cm³/mol. The summed E-state index contributed by atoms with van der Waals surface area (Å²) in [4.78, 5) is 10.8. The van der Waals surface area contributed by atoms with Crippen molar-refractivity contribution in [1.29, 1.82) is 0 Å². The number of carbonyl (C=O) groups excluding carboxylic acids is 1.